The molecule has 15 heavy (non-hydrogen) atoms. The van der Waals surface area contributed by atoms with Gasteiger partial charge in [-0.05, 0) is 18.9 Å². The highest BCUT2D eigenvalue weighted by Gasteiger charge is 2.07. The number of hydrogen-bond acceptors (Lipinski definition) is 3. The van der Waals surface area contributed by atoms with Gasteiger partial charge in [-0.15, -0.1) is 0 Å². The van der Waals surface area contributed by atoms with Crippen LogP contribution in [-0.4, -0.2) is 17.8 Å². The summed E-state index contributed by atoms with van der Waals surface area (Å²) in [5, 5.41) is 0. The van der Waals surface area contributed by atoms with Gasteiger partial charge in [0.25, 0.3) is 5.56 Å². The van der Waals surface area contributed by atoms with Gasteiger partial charge in [-0.2, -0.15) is 0 Å². The van der Waals surface area contributed by atoms with Crippen molar-refractivity contribution in [2.75, 3.05) is 12.8 Å². The first-order chi connectivity index (χ1) is 7.08. The lowest BCUT2D eigenvalue weighted by molar-refractivity contribution is 0.0838. The Morgan fingerprint density at radius 3 is 2.80 bits per heavy atom. The van der Waals surface area contributed by atoms with Crippen molar-refractivity contribution in [1.29, 1.82) is 0 Å². The average Bonchev–Trinajstić information content (AvgIpc) is 2.21. The number of methoxy groups -OCH3 is 1. The summed E-state index contributed by atoms with van der Waals surface area (Å²) >= 11 is 0. The minimum absolute atomic E-state index is 0.0304. The quantitative estimate of drug-likeness (QED) is 0.811. The molecule has 0 aliphatic rings. The minimum Gasteiger partial charge on any atom is -0.397 e. The number of anilines is 1. The lowest BCUT2D eigenvalue weighted by atomic mass is 10.2. The van der Waals surface area contributed by atoms with Gasteiger partial charge in [0.05, 0.1) is 18.3 Å². The fraction of sp³-hybridized carbons (Fsp3) is 0.545. The number of aryl methyl sites for hydroxylation is 1. The lowest BCUT2D eigenvalue weighted by Crippen LogP contribution is -2.27. The van der Waals surface area contributed by atoms with E-state index in [0.29, 0.717) is 12.2 Å². The molecular weight excluding hydrogens is 192 g/mol. The maximum absolute atomic E-state index is 11.6. The highest BCUT2D eigenvalue weighted by Crippen LogP contribution is 2.07. The van der Waals surface area contributed by atoms with Crippen molar-refractivity contribution in [3.05, 3.63) is 28.2 Å². The molecule has 4 heteroatoms. The molecule has 0 saturated heterocycles. The Morgan fingerprint density at radius 2 is 2.27 bits per heavy atom. The van der Waals surface area contributed by atoms with E-state index in [1.807, 2.05) is 13.8 Å². The van der Waals surface area contributed by atoms with Gasteiger partial charge in [-0.3, -0.25) is 4.79 Å². The molecule has 0 spiro atoms. The molecule has 0 aliphatic heterocycles. The van der Waals surface area contributed by atoms with Crippen molar-refractivity contribution in [1.82, 2.24) is 4.57 Å². The molecule has 0 aromatic carbocycles. The van der Waals surface area contributed by atoms with Crippen LogP contribution in [0.25, 0.3) is 0 Å². The lowest BCUT2D eigenvalue weighted by Gasteiger charge is -2.15. The van der Waals surface area contributed by atoms with Crippen LogP contribution in [0.15, 0.2) is 17.1 Å². The van der Waals surface area contributed by atoms with Crippen LogP contribution in [0.3, 0.4) is 0 Å². The zero-order valence-electron chi connectivity index (χ0n) is 9.49. The molecule has 1 aromatic heterocycles. The summed E-state index contributed by atoms with van der Waals surface area (Å²) in [5.41, 5.74) is 7.18. The fourth-order valence-electron chi connectivity index (χ4n) is 1.42. The summed E-state index contributed by atoms with van der Waals surface area (Å²) in [7, 11) is 1.65. The highest BCUT2D eigenvalue weighted by molar-refractivity contribution is 5.42. The Bertz CT molecular complexity index is 381. The van der Waals surface area contributed by atoms with Gasteiger partial charge in [0.2, 0.25) is 0 Å². The van der Waals surface area contributed by atoms with Gasteiger partial charge in [0, 0.05) is 19.4 Å². The van der Waals surface area contributed by atoms with Crippen LogP contribution < -0.4 is 11.3 Å². The maximum atomic E-state index is 11.6. The zero-order valence-corrected chi connectivity index (χ0v) is 9.49. The van der Waals surface area contributed by atoms with Crippen LogP contribution in [0.4, 0.5) is 5.69 Å². The second-order valence-corrected chi connectivity index (χ2v) is 3.67. The minimum atomic E-state index is -0.0304. The van der Waals surface area contributed by atoms with Crippen molar-refractivity contribution in [3.8, 4) is 0 Å². The Labute approximate surface area is 89.7 Å². The summed E-state index contributed by atoms with van der Waals surface area (Å²) in [6.07, 6.45) is 2.61. The van der Waals surface area contributed by atoms with E-state index in [2.05, 4.69) is 0 Å². The molecule has 0 fully saturated rings. The number of nitrogen functional groups attached to an aromatic ring is 1. The smallest absolute Gasteiger partial charge is 0.251 e. The molecule has 1 atom stereocenters. The van der Waals surface area contributed by atoms with E-state index in [1.165, 1.54) is 0 Å². The van der Waals surface area contributed by atoms with E-state index in [9.17, 15) is 4.79 Å². The molecular formula is C11H18N2O2. The summed E-state index contributed by atoms with van der Waals surface area (Å²) in [4.78, 5) is 11.6. The first kappa shape index (κ1) is 11.8. The van der Waals surface area contributed by atoms with Crippen LogP contribution >= 0.6 is 0 Å². The largest absolute Gasteiger partial charge is 0.397 e. The number of nitrogens with zero attached hydrogens (tertiary/aromatic N) is 1. The Balaban J connectivity index is 2.95. The highest BCUT2D eigenvalue weighted by atomic mass is 16.5. The normalized spacial score (nSPS) is 12.7. The maximum Gasteiger partial charge on any atom is 0.251 e. The van der Waals surface area contributed by atoms with Gasteiger partial charge in [-0.1, -0.05) is 6.92 Å². The summed E-state index contributed by atoms with van der Waals surface area (Å²) in [6, 6.07) is 1.55. The predicted molar refractivity (Wildman–Crippen MR) is 60.9 cm³/mol. The van der Waals surface area contributed by atoms with Gasteiger partial charge in [0.15, 0.2) is 0 Å². The molecule has 1 heterocycles. The number of rotatable bonds is 4. The summed E-state index contributed by atoms with van der Waals surface area (Å²) in [6.45, 7) is 4.40. The molecule has 0 radical (unpaired) electrons. The van der Waals surface area contributed by atoms with Crippen molar-refractivity contribution in [2.45, 2.75) is 32.9 Å². The van der Waals surface area contributed by atoms with Crippen LogP contribution in [0.5, 0.6) is 0 Å². The predicted octanol–water partition coefficient (Wildman–Crippen LogP) is 1.16. The monoisotopic (exact) mass is 210 g/mol. The number of ether oxygens (including phenoxy) is 1. The summed E-state index contributed by atoms with van der Waals surface area (Å²) in [5.74, 6) is 0. The molecule has 0 aliphatic carbocycles. The standard InChI is InChI=1S/C11H18N2O2/c1-4-9(15-3)6-13-7-10(12)8(2)5-11(13)14/h5,7,9H,4,6,12H2,1-3H3. The molecule has 1 aromatic rings. The molecule has 0 saturated carbocycles. The topological polar surface area (TPSA) is 57.2 Å². The third kappa shape index (κ3) is 2.83. The third-order valence-electron chi connectivity index (χ3n) is 2.56. The Morgan fingerprint density at radius 1 is 1.60 bits per heavy atom. The van der Waals surface area contributed by atoms with E-state index < -0.39 is 0 Å². The van der Waals surface area contributed by atoms with Crippen molar-refractivity contribution in [3.63, 3.8) is 0 Å². The first-order valence-electron chi connectivity index (χ1n) is 5.07. The fourth-order valence-corrected chi connectivity index (χ4v) is 1.42. The Kier molecular flexibility index (Phi) is 3.91. The van der Waals surface area contributed by atoms with Crippen molar-refractivity contribution >= 4 is 5.69 Å². The zero-order chi connectivity index (χ0) is 11.4. The van der Waals surface area contributed by atoms with Gasteiger partial charge < -0.3 is 15.0 Å². The number of nitrogens with two attached hydrogens (primary N) is 1. The SMILES string of the molecule is CCC(Cn1cc(N)c(C)cc1=O)OC. The van der Waals surface area contributed by atoms with E-state index in [1.54, 1.807) is 23.9 Å². The number of pyridine rings is 1. The van der Waals surface area contributed by atoms with E-state index in [0.717, 1.165) is 12.0 Å². The molecule has 1 unspecified atom stereocenters. The van der Waals surface area contributed by atoms with Crippen LogP contribution in [0, 0.1) is 6.92 Å². The van der Waals surface area contributed by atoms with Gasteiger partial charge in [-0.25, -0.2) is 0 Å². The number of aromatic nitrogens is 1. The molecule has 2 N–H and O–H groups in total. The van der Waals surface area contributed by atoms with Crippen LogP contribution in [0.2, 0.25) is 0 Å². The molecule has 0 bridgehead atoms. The Hall–Kier alpha value is -1.29. The third-order valence-corrected chi connectivity index (χ3v) is 2.56. The van der Waals surface area contributed by atoms with E-state index >= 15 is 0 Å². The molecule has 0 amide bonds. The van der Waals surface area contributed by atoms with E-state index in [-0.39, 0.29) is 11.7 Å². The van der Waals surface area contributed by atoms with E-state index in [4.69, 9.17) is 10.5 Å². The van der Waals surface area contributed by atoms with Crippen LogP contribution in [-0.2, 0) is 11.3 Å². The van der Waals surface area contributed by atoms with Crippen LogP contribution in [0.1, 0.15) is 18.9 Å². The van der Waals surface area contributed by atoms with Gasteiger partial charge in [0.1, 0.15) is 0 Å². The molecule has 84 valence electrons. The second kappa shape index (κ2) is 4.98. The summed E-state index contributed by atoms with van der Waals surface area (Å²) < 4.78 is 6.83. The average molecular weight is 210 g/mol. The first-order valence-corrected chi connectivity index (χ1v) is 5.07. The molecule has 1 rings (SSSR count). The van der Waals surface area contributed by atoms with Gasteiger partial charge >= 0.3 is 0 Å². The van der Waals surface area contributed by atoms with Crippen molar-refractivity contribution < 1.29 is 4.74 Å². The van der Waals surface area contributed by atoms with Crippen molar-refractivity contribution in [2.24, 2.45) is 0 Å². The number of hydrogen-bond donors (Lipinski definition) is 1. The molecule has 4 nitrogen and oxygen atoms in total. The second-order valence-electron chi connectivity index (χ2n) is 3.67.